The zero-order chi connectivity index (χ0) is 24.4. The first-order valence-corrected chi connectivity index (χ1v) is 12.6. The zero-order valence-electron chi connectivity index (χ0n) is 20.0. The maximum atomic E-state index is 12.9. The molecule has 2 aliphatic rings. The lowest BCUT2D eigenvalue weighted by Gasteiger charge is -2.35. The van der Waals surface area contributed by atoms with E-state index in [1.54, 1.807) is 0 Å². The van der Waals surface area contributed by atoms with Gasteiger partial charge in [-0.25, -0.2) is 4.68 Å². The molecule has 7 nitrogen and oxygen atoms in total. The standard InChI is InChI=1S/C27H28N4O3S/c1-4-33-23-12-8-9-20(13-23)25-21(17-31(29-25)22-10-6-5-7-11-22)14-24-26(32)28-27(35-24)30-15-18(2)34-19(3)16-30/h5-14,17-19H,4,15-16H2,1-3H3/b24-14-/t18-,19-/m0/s1. The fourth-order valence-corrected chi connectivity index (χ4v) is 5.26. The van der Waals surface area contributed by atoms with E-state index in [0.717, 1.165) is 46.5 Å². The molecule has 1 amide bonds. The molecular formula is C27H28N4O3S. The van der Waals surface area contributed by atoms with Crippen molar-refractivity contribution in [1.82, 2.24) is 14.7 Å². The highest BCUT2D eigenvalue weighted by Gasteiger charge is 2.31. The van der Waals surface area contributed by atoms with E-state index in [2.05, 4.69) is 9.89 Å². The number of para-hydroxylation sites is 1. The van der Waals surface area contributed by atoms with Crippen molar-refractivity contribution in [2.45, 2.75) is 33.0 Å². The van der Waals surface area contributed by atoms with Gasteiger partial charge in [-0.05, 0) is 62.9 Å². The summed E-state index contributed by atoms with van der Waals surface area (Å²) in [4.78, 5) is 20.0. The van der Waals surface area contributed by atoms with Crippen LogP contribution in [0.2, 0.25) is 0 Å². The third kappa shape index (κ3) is 5.18. The summed E-state index contributed by atoms with van der Waals surface area (Å²) in [6, 6.07) is 17.8. The first kappa shape index (κ1) is 23.4. The third-order valence-corrected chi connectivity index (χ3v) is 6.81. The number of hydrogen-bond acceptors (Lipinski definition) is 6. The maximum Gasteiger partial charge on any atom is 0.286 e. The second kappa shape index (κ2) is 10.1. The largest absolute Gasteiger partial charge is 0.494 e. The molecule has 1 saturated heterocycles. The van der Waals surface area contributed by atoms with Gasteiger partial charge in [0.05, 0.1) is 29.4 Å². The summed E-state index contributed by atoms with van der Waals surface area (Å²) in [6.45, 7) is 8.08. The van der Waals surface area contributed by atoms with E-state index < -0.39 is 0 Å². The van der Waals surface area contributed by atoms with Gasteiger partial charge in [-0.3, -0.25) is 4.79 Å². The first-order chi connectivity index (χ1) is 17.0. The summed E-state index contributed by atoms with van der Waals surface area (Å²) in [7, 11) is 0. The van der Waals surface area contributed by atoms with Gasteiger partial charge in [0.1, 0.15) is 11.4 Å². The number of aromatic nitrogens is 2. The molecule has 0 unspecified atom stereocenters. The minimum absolute atomic E-state index is 0.0958. The third-order valence-electron chi connectivity index (χ3n) is 5.77. The Hall–Kier alpha value is -3.36. The van der Waals surface area contributed by atoms with Crippen LogP contribution in [0.15, 0.2) is 70.7 Å². The topological polar surface area (TPSA) is 68.9 Å². The average molecular weight is 489 g/mol. The number of benzene rings is 2. The highest BCUT2D eigenvalue weighted by atomic mass is 32.2. The lowest BCUT2D eigenvalue weighted by atomic mass is 10.1. The summed E-state index contributed by atoms with van der Waals surface area (Å²) in [6.07, 6.45) is 4.04. The van der Waals surface area contributed by atoms with Gasteiger partial charge in [0, 0.05) is 30.4 Å². The lowest BCUT2D eigenvalue weighted by molar-refractivity contribution is -0.113. The van der Waals surface area contributed by atoms with Gasteiger partial charge in [0.15, 0.2) is 5.17 Å². The molecular weight excluding hydrogens is 460 g/mol. The minimum Gasteiger partial charge on any atom is -0.494 e. The van der Waals surface area contributed by atoms with Crippen LogP contribution in [0.1, 0.15) is 26.3 Å². The molecule has 0 spiro atoms. The quantitative estimate of drug-likeness (QED) is 0.470. The Labute approximate surface area is 209 Å². The van der Waals surface area contributed by atoms with E-state index in [9.17, 15) is 4.79 Å². The van der Waals surface area contributed by atoms with Crippen molar-refractivity contribution >= 4 is 28.9 Å². The van der Waals surface area contributed by atoms with Crippen LogP contribution >= 0.6 is 11.8 Å². The highest BCUT2D eigenvalue weighted by molar-refractivity contribution is 8.18. The molecule has 2 aliphatic heterocycles. The molecule has 0 bridgehead atoms. The van der Waals surface area contributed by atoms with Crippen LogP contribution in [0.4, 0.5) is 0 Å². The normalized spacial score (nSPS) is 21.5. The summed E-state index contributed by atoms with van der Waals surface area (Å²) in [5, 5.41) is 5.61. The number of carbonyl (C=O) groups excluding carboxylic acids is 1. The van der Waals surface area contributed by atoms with Crippen LogP contribution in [-0.2, 0) is 9.53 Å². The number of amides is 1. The molecule has 35 heavy (non-hydrogen) atoms. The van der Waals surface area contributed by atoms with Gasteiger partial charge in [0.25, 0.3) is 5.91 Å². The second-order valence-electron chi connectivity index (χ2n) is 8.65. The second-order valence-corrected chi connectivity index (χ2v) is 9.66. The van der Waals surface area contributed by atoms with Crippen LogP contribution in [0.3, 0.4) is 0 Å². The number of carbonyl (C=O) groups is 1. The Morgan fingerprint density at radius 1 is 1.11 bits per heavy atom. The number of thioether (sulfide) groups is 1. The van der Waals surface area contributed by atoms with Gasteiger partial charge in [-0.1, -0.05) is 30.3 Å². The Bertz CT molecular complexity index is 1270. The SMILES string of the molecule is CCOc1cccc(-c2nn(-c3ccccc3)cc2/C=C2\SC(N3C[C@H](C)O[C@@H](C)C3)=NC2=O)c1. The average Bonchev–Trinajstić information content (AvgIpc) is 3.43. The van der Waals surface area contributed by atoms with Crippen LogP contribution < -0.4 is 4.74 Å². The van der Waals surface area contributed by atoms with Crippen molar-refractivity contribution in [2.75, 3.05) is 19.7 Å². The first-order valence-electron chi connectivity index (χ1n) is 11.8. The highest BCUT2D eigenvalue weighted by Crippen LogP contribution is 2.34. The Balaban J connectivity index is 1.50. The lowest BCUT2D eigenvalue weighted by Crippen LogP contribution is -2.47. The predicted molar refractivity (Wildman–Crippen MR) is 140 cm³/mol. The van der Waals surface area contributed by atoms with E-state index in [1.165, 1.54) is 11.8 Å². The van der Waals surface area contributed by atoms with Crippen LogP contribution in [-0.4, -0.2) is 57.7 Å². The monoisotopic (exact) mass is 488 g/mol. The minimum atomic E-state index is -0.224. The molecule has 0 radical (unpaired) electrons. The Morgan fingerprint density at radius 2 is 1.89 bits per heavy atom. The number of aliphatic imine (C=N–C) groups is 1. The van der Waals surface area contributed by atoms with E-state index >= 15 is 0 Å². The zero-order valence-corrected chi connectivity index (χ0v) is 20.9. The number of amidine groups is 1. The van der Waals surface area contributed by atoms with Gasteiger partial charge < -0.3 is 14.4 Å². The molecule has 0 aliphatic carbocycles. The van der Waals surface area contributed by atoms with Gasteiger partial charge in [-0.2, -0.15) is 10.1 Å². The molecule has 2 aromatic carbocycles. The smallest absolute Gasteiger partial charge is 0.286 e. The molecule has 0 saturated carbocycles. The molecule has 5 rings (SSSR count). The number of hydrogen-bond donors (Lipinski definition) is 0. The predicted octanol–water partition coefficient (Wildman–Crippen LogP) is 5.02. The van der Waals surface area contributed by atoms with Crippen LogP contribution in [0, 0.1) is 0 Å². The van der Waals surface area contributed by atoms with Crippen molar-refractivity contribution in [2.24, 2.45) is 4.99 Å². The van der Waals surface area contributed by atoms with E-state index in [-0.39, 0.29) is 18.1 Å². The summed E-state index contributed by atoms with van der Waals surface area (Å²) >= 11 is 1.41. The van der Waals surface area contributed by atoms with Crippen molar-refractivity contribution in [3.8, 4) is 22.7 Å². The van der Waals surface area contributed by atoms with Crippen molar-refractivity contribution in [3.05, 3.63) is 71.3 Å². The van der Waals surface area contributed by atoms with Crippen molar-refractivity contribution < 1.29 is 14.3 Å². The van der Waals surface area contributed by atoms with Crippen molar-refractivity contribution in [3.63, 3.8) is 0 Å². The van der Waals surface area contributed by atoms with Crippen LogP contribution in [0.5, 0.6) is 5.75 Å². The summed E-state index contributed by atoms with van der Waals surface area (Å²) in [5.74, 6) is 0.559. The molecule has 2 atom stereocenters. The molecule has 3 heterocycles. The number of nitrogens with zero attached hydrogens (tertiary/aromatic N) is 4. The molecule has 0 N–H and O–H groups in total. The van der Waals surface area contributed by atoms with Gasteiger partial charge in [-0.15, -0.1) is 0 Å². The molecule has 3 aromatic rings. The fourth-order valence-electron chi connectivity index (χ4n) is 4.34. The summed E-state index contributed by atoms with van der Waals surface area (Å²) < 4.78 is 13.4. The number of rotatable bonds is 5. The van der Waals surface area contributed by atoms with E-state index in [1.807, 2.05) is 92.3 Å². The van der Waals surface area contributed by atoms with E-state index in [4.69, 9.17) is 14.6 Å². The molecule has 180 valence electrons. The number of ether oxygens (including phenoxy) is 2. The molecule has 1 fully saturated rings. The maximum absolute atomic E-state index is 12.9. The van der Waals surface area contributed by atoms with E-state index in [0.29, 0.717) is 11.5 Å². The van der Waals surface area contributed by atoms with Crippen LogP contribution in [0.25, 0.3) is 23.0 Å². The molecule has 8 heteroatoms. The Morgan fingerprint density at radius 3 is 2.63 bits per heavy atom. The Kier molecular flexibility index (Phi) is 6.74. The summed E-state index contributed by atoms with van der Waals surface area (Å²) in [5.41, 5.74) is 3.49. The van der Waals surface area contributed by atoms with Crippen molar-refractivity contribution in [1.29, 1.82) is 0 Å². The fraction of sp³-hybridized carbons (Fsp3) is 0.296. The van der Waals surface area contributed by atoms with Gasteiger partial charge >= 0.3 is 0 Å². The van der Waals surface area contributed by atoms with Gasteiger partial charge in [0.2, 0.25) is 0 Å². The molecule has 1 aromatic heterocycles. The number of morpholine rings is 1.